The first-order valence-electron chi connectivity index (χ1n) is 10.2. The maximum Gasteiger partial charge on any atom is 0.226 e. The summed E-state index contributed by atoms with van der Waals surface area (Å²) in [5, 5.41) is 1.93. The Balaban J connectivity index is 1.58. The minimum absolute atomic E-state index is 0.0986. The Bertz CT molecular complexity index is 1050. The Labute approximate surface area is 174 Å². The molecule has 29 heavy (non-hydrogen) atoms. The SMILES string of the molecule is Cc1nc(N2CCc3c([nH]c4ccc(Cl)cc34)[C@@H]2C[C@@H]2CCCOC2)ncc1F. The normalized spacial score (nSPS) is 22.1. The monoisotopic (exact) mass is 414 g/mol. The summed E-state index contributed by atoms with van der Waals surface area (Å²) in [4.78, 5) is 14.6. The van der Waals surface area contributed by atoms with Gasteiger partial charge in [-0.1, -0.05) is 11.6 Å². The standard InChI is InChI=1S/C22H24ClFN4O/c1-13-18(24)11-25-22(26-13)28-7-6-16-17-10-15(23)4-5-19(17)27-21(16)20(28)9-14-3-2-8-29-12-14/h4-5,10-11,14,20,27H,2-3,6-9,12H2,1H3/t14-,20-/m0/s1. The third-order valence-electron chi connectivity index (χ3n) is 6.19. The van der Waals surface area contributed by atoms with Gasteiger partial charge >= 0.3 is 0 Å². The van der Waals surface area contributed by atoms with Crippen molar-refractivity contribution in [3.63, 3.8) is 0 Å². The van der Waals surface area contributed by atoms with Gasteiger partial charge in [-0.2, -0.15) is 0 Å². The topological polar surface area (TPSA) is 54.0 Å². The molecule has 0 radical (unpaired) electrons. The summed E-state index contributed by atoms with van der Waals surface area (Å²) < 4.78 is 19.5. The smallest absolute Gasteiger partial charge is 0.226 e. The Kier molecular flexibility index (Phi) is 4.92. The zero-order chi connectivity index (χ0) is 20.0. The highest BCUT2D eigenvalue weighted by atomic mass is 35.5. The molecule has 3 aromatic rings. The highest BCUT2D eigenvalue weighted by molar-refractivity contribution is 6.31. The average molecular weight is 415 g/mol. The molecule has 152 valence electrons. The van der Waals surface area contributed by atoms with E-state index in [1.807, 2.05) is 18.2 Å². The summed E-state index contributed by atoms with van der Waals surface area (Å²) >= 11 is 6.27. The molecule has 1 saturated heterocycles. The maximum absolute atomic E-state index is 13.8. The van der Waals surface area contributed by atoms with Crippen molar-refractivity contribution in [2.75, 3.05) is 24.7 Å². The zero-order valence-corrected chi connectivity index (χ0v) is 17.2. The maximum atomic E-state index is 13.8. The van der Waals surface area contributed by atoms with Crippen LogP contribution in [0.2, 0.25) is 5.02 Å². The number of benzene rings is 1. The molecule has 0 unspecified atom stereocenters. The third-order valence-corrected chi connectivity index (χ3v) is 6.42. The van der Waals surface area contributed by atoms with E-state index in [0.29, 0.717) is 17.6 Å². The minimum Gasteiger partial charge on any atom is -0.381 e. The van der Waals surface area contributed by atoms with Crippen LogP contribution in [0.15, 0.2) is 24.4 Å². The summed E-state index contributed by atoms with van der Waals surface area (Å²) in [7, 11) is 0. The molecule has 0 saturated carbocycles. The van der Waals surface area contributed by atoms with E-state index in [9.17, 15) is 4.39 Å². The molecule has 0 spiro atoms. The molecule has 4 heterocycles. The van der Waals surface area contributed by atoms with Crippen molar-refractivity contribution in [3.05, 3.63) is 52.2 Å². The number of hydrogen-bond acceptors (Lipinski definition) is 4. The summed E-state index contributed by atoms with van der Waals surface area (Å²) in [6.07, 6.45) is 5.35. The average Bonchev–Trinajstić information content (AvgIpc) is 3.09. The fourth-order valence-electron chi connectivity index (χ4n) is 4.71. The van der Waals surface area contributed by atoms with Crippen molar-refractivity contribution in [1.29, 1.82) is 0 Å². The van der Waals surface area contributed by atoms with Gasteiger partial charge in [-0.25, -0.2) is 14.4 Å². The van der Waals surface area contributed by atoms with Crippen LogP contribution in [0.5, 0.6) is 0 Å². The van der Waals surface area contributed by atoms with Gasteiger partial charge < -0.3 is 14.6 Å². The molecule has 2 aliphatic heterocycles. The number of H-pyrrole nitrogens is 1. The number of anilines is 1. The van der Waals surface area contributed by atoms with Crippen molar-refractivity contribution >= 4 is 28.5 Å². The largest absolute Gasteiger partial charge is 0.381 e. The van der Waals surface area contributed by atoms with E-state index < -0.39 is 0 Å². The van der Waals surface area contributed by atoms with Crippen molar-refractivity contribution in [1.82, 2.24) is 15.0 Å². The lowest BCUT2D eigenvalue weighted by molar-refractivity contribution is 0.0483. The van der Waals surface area contributed by atoms with E-state index in [2.05, 4.69) is 19.9 Å². The van der Waals surface area contributed by atoms with Crippen molar-refractivity contribution in [2.45, 2.75) is 38.6 Å². The van der Waals surface area contributed by atoms with Crippen LogP contribution in [0.1, 0.15) is 42.3 Å². The van der Waals surface area contributed by atoms with Gasteiger partial charge in [0, 0.05) is 41.4 Å². The highest BCUT2D eigenvalue weighted by Crippen LogP contribution is 2.41. The first-order chi connectivity index (χ1) is 14.1. The van der Waals surface area contributed by atoms with Gasteiger partial charge in [-0.05, 0) is 62.3 Å². The van der Waals surface area contributed by atoms with Gasteiger partial charge in [-0.15, -0.1) is 0 Å². The number of nitrogens with one attached hydrogen (secondary N) is 1. The van der Waals surface area contributed by atoms with Crippen LogP contribution in [0.3, 0.4) is 0 Å². The number of rotatable bonds is 3. The predicted molar refractivity (Wildman–Crippen MR) is 112 cm³/mol. The Morgan fingerprint density at radius 3 is 3.07 bits per heavy atom. The molecular formula is C22H24ClFN4O. The molecule has 2 aliphatic rings. The predicted octanol–water partition coefficient (Wildman–Crippen LogP) is 4.98. The summed E-state index contributed by atoms with van der Waals surface area (Å²) in [5.41, 5.74) is 4.00. The molecule has 1 N–H and O–H groups in total. The molecule has 5 nitrogen and oxygen atoms in total. The second-order valence-electron chi connectivity index (χ2n) is 8.09. The second-order valence-corrected chi connectivity index (χ2v) is 8.52. The molecule has 1 fully saturated rings. The van der Waals surface area contributed by atoms with Crippen LogP contribution in [0.25, 0.3) is 10.9 Å². The minimum atomic E-state index is -0.371. The van der Waals surface area contributed by atoms with Crippen molar-refractivity contribution in [2.24, 2.45) is 5.92 Å². The van der Waals surface area contributed by atoms with Crippen LogP contribution in [-0.4, -0.2) is 34.7 Å². The van der Waals surface area contributed by atoms with Gasteiger partial charge in [0.1, 0.15) is 0 Å². The summed E-state index contributed by atoms with van der Waals surface area (Å²) in [5.74, 6) is 0.704. The van der Waals surface area contributed by atoms with Crippen molar-refractivity contribution < 1.29 is 9.13 Å². The van der Waals surface area contributed by atoms with E-state index >= 15 is 0 Å². The Hall–Kier alpha value is -2.18. The van der Waals surface area contributed by atoms with Crippen LogP contribution in [0, 0.1) is 18.7 Å². The number of halogens is 2. The number of hydrogen-bond donors (Lipinski definition) is 1. The van der Waals surface area contributed by atoms with Gasteiger partial charge in [0.25, 0.3) is 0 Å². The number of ether oxygens (including phenoxy) is 1. The fraction of sp³-hybridized carbons (Fsp3) is 0.455. The lowest BCUT2D eigenvalue weighted by atomic mass is 9.88. The Morgan fingerprint density at radius 1 is 1.38 bits per heavy atom. The molecule has 0 aliphatic carbocycles. The molecule has 7 heteroatoms. The van der Waals surface area contributed by atoms with Crippen LogP contribution in [-0.2, 0) is 11.2 Å². The summed E-state index contributed by atoms with van der Waals surface area (Å²) in [6.45, 7) is 4.11. The van der Waals surface area contributed by atoms with Gasteiger partial charge in [0.15, 0.2) is 5.82 Å². The summed E-state index contributed by atoms with van der Waals surface area (Å²) in [6, 6.07) is 6.10. The number of aryl methyl sites for hydroxylation is 1. The first kappa shape index (κ1) is 18.8. The number of nitrogens with zero attached hydrogens (tertiary/aromatic N) is 3. The van der Waals surface area contributed by atoms with E-state index in [4.69, 9.17) is 16.3 Å². The van der Waals surface area contributed by atoms with Gasteiger partial charge in [-0.3, -0.25) is 0 Å². The number of aromatic amines is 1. The van der Waals surface area contributed by atoms with Gasteiger partial charge in [0.05, 0.1) is 17.9 Å². The van der Waals surface area contributed by atoms with E-state index in [1.54, 1.807) is 6.92 Å². The molecule has 1 aromatic carbocycles. The molecule has 2 atom stereocenters. The van der Waals surface area contributed by atoms with Crippen LogP contribution < -0.4 is 4.90 Å². The molecule has 0 amide bonds. The van der Waals surface area contributed by atoms with Crippen LogP contribution in [0.4, 0.5) is 10.3 Å². The van der Waals surface area contributed by atoms with Crippen molar-refractivity contribution in [3.8, 4) is 0 Å². The zero-order valence-electron chi connectivity index (χ0n) is 16.4. The van der Waals surface area contributed by atoms with E-state index in [0.717, 1.165) is 56.0 Å². The number of fused-ring (bicyclic) bond motifs is 3. The lowest BCUT2D eigenvalue weighted by Gasteiger charge is -2.38. The fourth-order valence-corrected chi connectivity index (χ4v) is 4.88. The molecule has 5 rings (SSSR count). The van der Waals surface area contributed by atoms with Crippen LogP contribution >= 0.6 is 11.6 Å². The van der Waals surface area contributed by atoms with E-state index in [1.165, 1.54) is 22.8 Å². The molecule has 2 aromatic heterocycles. The lowest BCUT2D eigenvalue weighted by Crippen LogP contribution is -2.38. The van der Waals surface area contributed by atoms with E-state index in [-0.39, 0.29) is 11.9 Å². The third kappa shape index (κ3) is 3.49. The number of aromatic nitrogens is 3. The molecule has 0 bridgehead atoms. The Morgan fingerprint density at radius 2 is 2.28 bits per heavy atom. The highest BCUT2D eigenvalue weighted by Gasteiger charge is 2.34. The first-order valence-corrected chi connectivity index (χ1v) is 10.6. The molecular weight excluding hydrogens is 391 g/mol. The quantitative estimate of drug-likeness (QED) is 0.656. The van der Waals surface area contributed by atoms with Gasteiger partial charge in [0.2, 0.25) is 5.95 Å². The second kappa shape index (κ2) is 7.58.